The smallest absolute Gasteiger partial charge is 0.326 e. The zero-order valence-electron chi connectivity index (χ0n) is 14.2. The molecule has 0 saturated heterocycles. The number of anilines is 2. The molecular weight excluding hydrogens is 381 g/mol. The summed E-state index contributed by atoms with van der Waals surface area (Å²) in [5.74, 6) is -1.66. The minimum atomic E-state index is -4.43. The van der Waals surface area contributed by atoms with Crippen molar-refractivity contribution in [3.63, 3.8) is 0 Å². The van der Waals surface area contributed by atoms with Gasteiger partial charge in [-0.1, -0.05) is 17.7 Å². The van der Waals surface area contributed by atoms with Crippen molar-refractivity contribution >= 4 is 34.8 Å². The lowest BCUT2D eigenvalue weighted by Gasteiger charge is -2.09. The van der Waals surface area contributed by atoms with Crippen LogP contribution in [0.5, 0.6) is 0 Å². The maximum Gasteiger partial charge on any atom is 0.416 e. The fraction of sp³-hybridized carbons (Fsp3) is 0.263. The molecule has 0 radical (unpaired) electrons. The number of rotatable bonds is 4. The van der Waals surface area contributed by atoms with Crippen LogP contribution < -0.4 is 10.6 Å². The molecule has 0 heterocycles. The third-order valence-corrected chi connectivity index (χ3v) is 4.79. The fourth-order valence-corrected chi connectivity index (χ4v) is 2.84. The highest BCUT2D eigenvalue weighted by atomic mass is 35.5. The summed E-state index contributed by atoms with van der Waals surface area (Å²) in [6.07, 6.45) is -4.04. The highest BCUT2D eigenvalue weighted by Crippen LogP contribution is 2.40. The summed E-state index contributed by atoms with van der Waals surface area (Å²) in [6.45, 7) is 1.84. The largest absolute Gasteiger partial charge is 0.416 e. The lowest BCUT2D eigenvalue weighted by molar-refractivity contribution is -0.137. The van der Waals surface area contributed by atoms with Gasteiger partial charge in [-0.3, -0.25) is 9.59 Å². The Balaban J connectivity index is 1.55. The maximum absolute atomic E-state index is 12.5. The molecule has 0 aromatic heterocycles. The van der Waals surface area contributed by atoms with Gasteiger partial charge in [-0.2, -0.15) is 13.2 Å². The van der Waals surface area contributed by atoms with Crippen LogP contribution >= 0.6 is 11.6 Å². The first kappa shape index (κ1) is 19.2. The van der Waals surface area contributed by atoms with Gasteiger partial charge in [0.15, 0.2) is 0 Å². The summed E-state index contributed by atoms with van der Waals surface area (Å²) in [7, 11) is 0. The van der Waals surface area contributed by atoms with Gasteiger partial charge in [0.05, 0.1) is 17.4 Å². The third kappa shape index (κ3) is 4.60. The Morgan fingerprint density at radius 1 is 0.963 bits per heavy atom. The Morgan fingerprint density at radius 3 is 2.00 bits per heavy atom. The van der Waals surface area contributed by atoms with Crippen molar-refractivity contribution in [1.29, 1.82) is 0 Å². The Bertz CT molecular complexity index is 882. The predicted octanol–water partition coefficient (Wildman–Crippen LogP) is 4.88. The van der Waals surface area contributed by atoms with Gasteiger partial charge in [0.2, 0.25) is 11.8 Å². The van der Waals surface area contributed by atoms with E-state index in [1.165, 1.54) is 12.1 Å². The van der Waals surface area contributed by atoms with Crippen LogP contribution in [0.15, 0.2) is 42.5 Å². The maximum atomic E-state index is 12.5. The molecule has 1 aliphatic carbocycles. The lowest BCUT2D eigenvalue weighted by atomic mass is 10.2. The first-order valence-corrected chi connectivity index (χ1v) is 8.58. The minimum absolute atomic E-state index is 0.254. The molecule has 1 aliphatic rings. The van der Waals surface area contributed by atoms with Crippen molar-refractivity contribution in [2.75, 3.05) is 10.6 Å². The lowest BCUT2D eigenvalue weighted by Crippen LogP contribution is -2.20. The highest BCUT2D eigenvalue weighted by Gasteiger charge is 2.48. The second-order valence-corrected chi connectivity index (χ2v) is 6.87. The molecule has 3 rings (SSSR count). The summed E-state index contributed by atoms with van der Waals surface area (Å²) in [4.78, 5) is 24.4. The number of halogens is 4. The second kappa shape index (κ2) is 7.23. The summed E-state index contributed by atoms with van der Waals surface area (Å²) < 4.78 is 37.6. The van der Waals surface area contributed by atoms with Gasteiger partial charge < -0.3 is 10.6 Å². The summed E-state index contributed by atoms with van der Waals surface area (Å²) in [5.41, 5.74) is 0.893. The van der Waals surface area contributed by atoms with Crippen molar-refractivity contribution in [3.05, 3.63) is 58.6 Å². The van der Waals surface area contributed by atoms with E-state index in [4.69, 9.17) is 11.6 Å². The number of aryl methyl sites for hydroxylation is 1. The Hall–Kier alpha value is -2.54. The molecular formula is C19H16ClF3N2O2. The molecule has 2 atom stereocenters. The summed E-state index contributed by atoms with van der Waals surface area (Å²) in [6, 6.07) is 9.30. The molecule has 0 aliphatic heterocycles. The van der Waals surface area contributed by atoms with Crippen LogP contribution in [0, 0.1) is 18.8 Å². The van der Waals surface area contributed by atoms with Crippen LogP contribution in [0.3, 0.4) is 0 Å². The van der Waals surface area contributed by atoms with E-state index < -0.39 is 29.5 Å². The Labute approximate surface area is 158 Å². The first-order chi connectivity index (χ1) is 12.6. The summed E-state index contributed by atoms with van der Waals surface area (Å²) in [5, 5.41) is 5.78. The topological polar surface area (TPSA) is 58.2 Å². The molecule has 4 nitrogen and oxygen atoms in total. The van der Waals surface area contributed by atoms with Crippen molar-refractivity contribution in [3.8, 4) is 0 Å². The van der Waals surface area contributed by atoms with E-state index in [-0.39, 0.29) is 11.6 Å². The minimum Gasteiger partial charge on any atom is -0.326 e. The molecule has 2 aromatic carbocycles. The predicted molar refractivity (Wildman–Crippen MR) is 96.5 cm³/mol. The van der Waals surface area contributed by atoms with E-state index in [2.05, 4.69) is 10.6 Å². The van der Waals surface area contributed by atoms with Crippen LogP contribution in [-0.2, 0) is 15.8 Å². The van der Waals surface area contributed by atoms with Crippen molar-refractivity contribution in [2.45, 2.75) is 19.5 Å². The van der Waals surface area contributed by atoms with Crippen LogP contribution in [-0.4, -0.2) is 11.8 Å². The van der Waals surface area contributed by atoms with E-state index in [0.717, 1.165) is 17.7 Å². The Morgan fingerprint density at radius 2 is 1.48 bits per heavy atom. The first-order valence-electron chi connectivity index (χ1n) is 8.20. The molecule has 1 fully saturated rings. The second-order valence-electron chi connectivity index (χ2n) is 6.47. The normalized spacial score (nSPS) is 18.7. The standard InChI is InChI=1S/C19H16ClF3N2O2/c1-10-2-5-13(8-16(10)20)25-18(27)15-9-14(15)17(26)24-12-6-3-11(4-7-12)19(21,22)23/h2-8,14-15H,9H2,1H3,(H,24,26)(H,25,27). The fourth-order valence-electron chi connectivity index (χ4n) is 2.66. The SMILES string of the molecule is Cc1ccc(NC(=O)C2CC2C(=O)Nc2ccc(C(F)(F)F)cc2)cc1Cl. The van der Waals surface area contributed by atoms with Gasteiger partial charge in [-0.15, -0.1) is 0 Å². The number of benzene rings is 2. The quantitative estimate of drug-likeness (QED) is 0.773. The highest BCUT2D eigenvalue weighted by molar-refractivity contribution is 6.31. The van der Waals surface area contributed by atoms with Gasteiger partial charge in [0.25, 0.3) is 0 Å². The van der Waals surface area contributed by atoms with E-state index in [1.807, 2.05) is 6.92 Å². The molecule has 2 unspecified atom stereocenters. The van der Waals surface area contributed by atoms with E-state index in [0.29, 0.717) is 17.1 Å². The van der Waals surface area contributed by atoms with Crippen LogP contribution in [0.2, 0.25) is 5.02 Å². The molecule has 0 bridgehead atoms. The molecule has 2 amide bonds. The number of hydrogen-bond acceptors (Lipinski definition) is 2. The molecule has 2 aromatic rings. The van der Waals surface area contributed by atoms with Gasteiger partial charge in [0.1, 0.15) is 0 Å². The van der Waals surface area contributed by atoms with Crippen molar-refractivity contribution in [2.24, 2.45) is 11.8 Å². The number of carbonyl (C=O) groups excluding carboxylic acids is 2. The summed E-state index contributed by atoms with van der Waals surface area (Å²) >= 11 is 6.02. The van der Waals surface area contributed by atoms with E-state index >= 15 is 0 Å². The van der Waals surface area contributed by atoms with Gasteiger partial charge in [-0.05, 0) is 55.3 Å². The Kier molecular flexibility index (Phi) is 5.15. The van der Waals surface area contributed by atoms with Gasteiger partial charge in [-0.25, -0.2) is 0 Å². The zero-order valence-corrected chi connectivity index (χ0v) is 15.0. The molecule has 8 heteroatoms. The van der Waals surface area contributed by atoms with Crippen molar-refractivity contribution < 1.29 is 22.8 Å². The van der Waals surface area contributed by atoms with Crippen molar-refractivity contribution in [1.82, 2.24) is 0 Å². The average molecular weight is 397 g/mol. The molecule has 2 N–H and O–H groups in total. The van der Waals surface area contributed by atoms with Crippen LogP contribution in [0.4, 0.5) is 24.5 Å². The third-order valence-electron chi connectivity index (χ3n) is 4.38. The number of hydrogen-bond donors (Lipinski definition) is 2. The number of alkyl halides is 3. The van der Waals surface area contributed by atoms with Gasteiger partial charge >= 0.3 is 6.18 Å². The van der Waals surface area contributed by atoms with E-state index in [1.54, 1.807) is 18.2 Å². The number of nitrogens with one attached hydrogen (secondary N) is 2. The van der Waals surface area contributed by atoms with Gasteiger partial charge in [0, 0.05) is 16.4 Å². The zero-order chi connectivity index (χ0) is 19.8. The monoisotopic (exact) mass is 396 g/mol. The average Bonchev–Trinajstić information content (AvgIpc) is 3.39. The number of amides is 2. The van der Waals surface area contributed by atoms with Crippen LogP contribution in [0.1, 0.15) is 17.5 Å². The van der Waals surface area contributed by atoms with Crippen LogP contribution in [0.25, 0.3) is 0 Å². The molecule has 0 spiro atoms. The molecule has 27 heavy (non-hydrogen) atoms. The van der Waals surface area contributed by atoms with E-state index in [9.17, 15) is 22.8 Å². The molecule has 1 saturated carbocycles. The number of carbonyl (C=O) groups is 2. The molecule has 142 valence electrons.